The second kappa shape index (κ2) is 9.98. The molecule has 9 heteroatoms. The molecule has 1 aromatic carbocycles. The number of nitriles is 1. The van der Waals surface area contributed by atoms with Gasteiger partial charge in [-0.3, -0.25) is 9.69 Å². The van der Waals surface area contributed by atoms with E-state index in [4.69, 9.17) is 11.0 Å². The van der Waals surface area contributed by atoms with Gasteiger partial charge in [0.05, 0.1) is 18.2 Å². The molecule has 0 spiro atoms. The van der Waals surface area contributed by atoms with E-state index < -0.39 is 5.82 Å². The molecule has 1 aliphatic heterocycles. The van der Waals surface area contributed by atoms with E-state index in [0.29, 0.717) is 24.6 Å². The maximum atomic E-state index is 15.0. The zero-order valence-corrected chi connectivity index (χ0v) is 17.0. The van der Waals surface area contributed by atoms with Gasteiger partial charge >= 0.3 is 0 Å². The van der Waals surface area contributed by atoms with Crippen LogP contribution in [0.3, 0.4) is 0 Å². The fraction of sp³-hybridized carbons (Fsp3) is 0.429. The zero-order valence-electron chi connectivity index (χ0n) is 17.0. The predicted molar refractivity (Wildman–Crippen MR) is 112 cm³/mol. The molecule has 0 atom stereocenters. The van der Waals surface area contributed by atoms with Crippen LogP contribution < -0.4 is 16.0 Å². The molecule has 158 valence electrons. The molecule has 1 fully saturated rings. The van der Waals surface area contributed by atoms with Crippen molar-refractivity contribution in [1.29, 1.82) is 5.26 Å². The van der Waals surface area contributed by atoms with Gasteiger partial charge in [0.2, 0.25) is 11.7 Å². The number of hydrogen-bond donors (Lipinski definition) is 2. The maximum Gasteiger partial charge on any atom is 0.231 e. The van der Waals surface area contributed by atoms with Gasteiger partial charge in [-0.05, 0) is 49.5 Å². The lowest BCUT2D eigenvalue weighted by Gasteiger charge is -2.31. The SMILES string of the molecule is CN(Cc1ccc(C#N)cc1)c1ncnc(NCC2CCN(CC(N)=O)CC2)c1F. The summed E-state index contributed by atoms with van der Waals surface area (Å²) in [5.41, 5.74) is 6.78. The number of carbonyl (C=O) groups is 1. The monoisotopic (exact) mass is 411 g/mol. The highest BCUT2D eigenvalue weighted by atomic mass is 19.1. The van der Waals surface area contributed by atoms with Crippen molar-refractivity contribution < 1.29 is 9.18 Å². The summed E-state index contributed by atoms with van der Waals surface area (Å²) in [5, 5.41) is 12.0. The Balaban J connectivity index is 1.56. The summed E-state index contributed by atoms with van der Waals surface area (Å²) in [4.78, 5) is 22.9. The molecule has 0 aliphatic carbocycles. The van der Waals surface area contributed by atoms with Crippen LogP contribution >= 0.6 is 0 Å². The van der Waals surface area contributed by atoms with Crippen LogP contribution in [0, 0.1) is 23.1 Å². The predicted octanol–water partition coefficient (Wildman–Crippen LogP) is 1.73. The Labute approximate surface area is 175 Å². The van der Waals surface area contributed by atoms with Crippen molar-refractivity contribution in [1.82, 2.24) is 14.9 Å². The fourth-order valence-corrected chi connectivity index (χ4v) is 3.59. The van der Waals surface area contributed by atoms with E-state index >= 15 is 0 Å². The molecule has 1 aromatic heterocycles. The molecule has 0 saturated carbocycles. The Bertz CT molecular complexity index is 905. The van der Waals surface area contributed by atoms with Crippen molar-refractivity contribution in [2.75, 3.05) is 43.4 Å². The normalized spacial score (nSPS) is 14.8. The van der Waals surface area contributed by atoms with Crippen LogP contribution in [0.15, 0.2) is 30.6 Å². The summed E-state index contributed by atoms with van der Waals surface area (Å²) in [6, 6.07) is 9.25. The summed E-state index contributed by atoms with van der Waals surface area (Å²) < 4.78 is 15.0. The number of hydrogen-bond acceptors (Lipinski definition) is 7. The Morgan fingerprint density at radius 2 is 2.03 bits per heavy atom. The Hall–Kier alpha value is -3.25. The molecule has 0 bridgehead atoms. The molecule has 3 N–H and O–H groups in total. The lowest BCUT2D eigenvalue weighted by molar-refractivity contribution is -0.119. The Kier molecular flexibility index (Phi) is 7.14. The van der Waals surface area contributed by atoms with Crippen molar-refractivity contribution >= 4 is 17.5 Å². The van der Waals surface area contributed by atoms with E-state index in [0.717, 1.165) is 31.5 Å². The first-order chi connectivity index (χ1) is 14.5. The van der Waals surface area contributed by atoms with Gasteiger partial charge in [-0.15, -0.1) is 0 Å². The molecule has 0 radical (unpaired) electrons. The second-order valence-corrected chi connectivity index (χ2v) is 7.59. The van der Waals surface area contributed by atoms with Crippen LogP contribution in [0.1, 0.15) is 24.0 Å². The number of anilines is 2. The molecule has 1 saturated heterocycles. The summed E-state index contributed by atoms with van der Waals surface area (Å²) in [7, 11) is 1.77. The number of carbonyl (C=O) groups excluding carboxylic acids is 1. The number of benzene rings is 1. The average molecular weight is 411 g/mol. The van der Waals surface area contributed by atoms with E-state index in [1.807, 2.05) is 17.0 Å². The number of primary amides is 1. The lowest BCUT2D eigenvalue weighted by Crippen LogP contribution is -2.40. The van der Waals surface area contributed by atoms with E-state index in [1.54, 1.807) is 24.1 Å². The van der Waals surface area contributed by atoms with Gasteiger partial charge in [-0.25, -0.2) is 9.97 Å². The van der Waals surface area contributed by atoms with Crippen LogP contribution in [0.4, 0.5) is 16.0 Å². The molecule has 3 rings (SSSR count). The van der Waals surface area contributed by atoms with E-state index in [1.165, 1.54) is 6.33 Å². The molecule has 2 heterocycles. The fourth-order valence-electron chi connectivity index (χ4n) is 3.59. The van der Waals surface area contributed by atoms with E-state index in [-0.39, 0.29) is 24.1 Å². The minimum absolute atomic E-state index is 0.186. The van der Waals surface area contributed by atoms with Crippen LogP contribution in [-0.2, 0) is 11.3 Å². The van der Waals surface area contributed by atoms with Crippen molar-refractivity contribution in [2.24, 2.45) is 11.7 Å². The van der Waals surface area contributed by atoms with E-state index in [9.17, 15) is 9.18 Å². The Morgan fingerprint density at radius 3 is 2.67 bits per heavy atom. The molecule has 1 aliphatic rings. The van der Waals surface area contributed by atoms with Crippen molar-refractivity contribution in [2.45, 2.75) is 19.4 Å². The first-order valence-corrected chi connectivity index (χ1v) is 9.91. The van der Waals surface area contributed by atoms with Gasteiger partial charge in [0.1, 0.15) is 6.33 Å². The summed E-state index contributed by atoms with van der Waals surface area (Å²) in [6.07, 6.45) is 3.18. The standard InChI is InChI=1S/C21H26FN7O/c1-28(12-17-4-2-15(10-23)3-5-17)21-19(22)20(26-14-27-21)25-11-16-6-8-29(9-7-16)13-18(24)30/h2-5,14,16H,6-9,11-13H2,1H3,(H2,24,30)(H,25,26,27). The molecule has 2 aromatic rings. The number of nitrogens with two attached hydrogens (primary N) is 1. The van der Waals surface area contributed by atoms with Gasteiger partial charge in [-0.1, -0.05) is 12.1 Å². The van der Waals surface area contributed by atoms with Crippen LogP contribution in [-0.4, -0.2) is 54.0 Å². The molecular weight excluding hydrogens is 385 g/mol. The summed E-state index contributed by atoms with van der Waals surface area (Å²) >= 11 is 0. The van der Waals surface area contributed by atoms with Gasteiger partial charge in [-0.2, -0.15) is 9.65 Å². The highest BCUT2D eigenvalue weighted by Crippen LogP contribution is 2.23. The molecular formula is C21H26FN7O. The first-order valence-electron chi connectivity index (χ1n) is 9.91. The van der Waals surface area contributed by atoms with Gasteiger partial charge in [0, 0.05) is 20.1 Å². The van der Waals surface area contributed by atoms with Crippen LogP contribution in [0.2, 0.25) is 0 Å². The summed E-state index contributed by atoms with van der Waals surface area (Å²) in [5.74, 6) is -0.0187. The Morgan fingerprint density at radius 1 is 1.33 bits per heavy atom. The van der Waals surface area contributed by atoms with Crippen molar-refractivity contribution in [3.8, 4) is 6.07 Å². The zero-order chi connectivity index (χ0) is 21.5. The second-order valence-electron chi connectivity index (χ2n) is 7.59. The molecule has 0 unspecified atom stereocenters. The smallest absolute Gasteiger partial charge is 0.231 e. The lowest BCUT2D eigenvalue weighted by atomic mass is 9.97. The number of amides is 1. The minimum atomic E-state index is -0.486. The number of rotatable bonds is 8. The molecule has 30 heavy (non-hydrogen) atoms. The van der Waals surface area contributed by atoms with Gasteiger partial charge in [0.15, 0.2) is 11.6 Å². The van der Waals surface area contributed by atoms with E-state index in [2.05, 4.69) is 21.4 Å². The number of piperidine rings is 1. The third kappa shape index (κ3) is 5.64. The average Bonchev–Trinajstić information content (AvgIpc) is 2.74. The highest BCUT2D eigenvalue weighted by molar-refractivity contribution is 5.75. The molecule has 1 amide bonds. The maximum absolute atomic E-state index is 15.0. The van der Waals surface area contributed by atoms with Crippen molar-refractivity contribution in [3.63, 3.8) is 0 Å². The highest BCUT2D eigenvalue weighted by Gasteiger charge is 2.21. The van der Waals surface area contributed by atoms with Gasteiger partial charge in [0.25, 0.3) is 0 Å². The third-order valence-electron chi connectivity index (χ3n) is 5.28. The van der Waals surface area contributed by atoms with Gasteiger partial charge < -0.3 is 16.0 Å². The number of likely N-dealkylation sites (tertiary alicyclic amines) is 1. The topological polar surface area (TPSA) is 111 Å². The number of halogens is 1. The van der Waals surface area contributed by atoms with Crippen LogP contribution in [0.5, 0.6) is 0 Å². The number of nitrogens with one attached hydrogen (secondary N) is 1. The largest absolute Gasteiger partial charge is 0.369 e. The molecule has 8 nitrogen and oxygen atoms in total. The summed E-state index contributed by atoms with van der Waals surface area (Å²) in [6.45, 7) is 2.96. The van der Waals surface area contributed by atoms with Crippen molar-refractivity contribution in [3.05, 3.63) is 47.5 Å². The van der Waals surface area contributed by atoms with Crippen LogP contribution in [0.25, 0.3) is 0 Å². The number of aromatic nitrogens is 2. The first kappa shape index (κ1) is 21.5. The third-order valence-corrected chi connectivity index (χ3v) is 5.28. The minimum Gasteiger partial charge on any atom is -0.369 e. The number of nitrogens with zero attached hydrogens (tertiary/aromatic N) is 5. The quantitative estimate of drug-likeness (QED) is 0.680.